The van der Waals surface area contributed by atoms with Crippen LogP contribution in [0, 0.1) is 0 Å². The maximum atomic E-state index is 11.6. The fourth-order valence-electron chi connectivity index (χ4n) is 2.97. The Morgan fingerprint density at radius 2 is 2.30 bits per heavy atom. The molecule has 0 saturated carbocycles. The van der Waals surface area contributed by atoms with E-state index in [-0.39, 0.29) is 12.0 Å². The van der Waals surface area contributed by atoms with Crippen LogP contribution in [0.25, 0.3) is 0 Å². The third kappa shape index (κ3) is 1.96. The van der Waals surface area contributed by atoms with Crippen LogP contribution >= 0.6 is 0 Å². The summed E-state index contributed by atoms with van der Waals surface area (Å²) in [6.45, 7) is 0.919. The number of rotatable bonds is 1. The van der Waals surface area contributed by atoms with Gasteiger partial charge in [-0.2, -0.15) is 0 Å². The van der Waals surface area contributed by atoms with E-state index in [9.17, 15) is 9.59 Å². The van der Waals surface area contributed by atoms with Crippen LogP contribution in [0.15, 0.2) is 23.9 Å². The average Bonchev–Trinajstić information content (AvgIpc) is 2.52. The summed E-state index contributed by atoms with van der Waals surface area (Å²) in [6, 6.07) is 5.48. The van der Waals surface area contributed by atoms with Crippen molar-refractivity contribution in [2.24, 2.45) is 0 Å². The van der Waals surface area contributed by atoms with Crippen LogP contribution in [0.1, 0.15) is 29.6 Å². The van der Waals surface area contributed by atoms with E-state index in [0.717, 1.165) is 37.2 Å². The molecule has 1 saturated heterocycles. The molecular formula is C15H16N2O3. The Morgan fingerprint density at radius 1 is 1.45 bits per heavy atom. The molecule has 2 aliphatic heterocycles. The van der Waals surface area contributed by atoms with Gasteiger partial charge in [0.2, 0.25) is 0 Å². The van der Waals surface area contributed by atoms with Crippen molar-refractivity contribution in [3.63, 3.8) is 0 Å². The number of carbonyl (C=O) groups excluding carboxylic acids is 2. The number of esters is 1. The highest BCUT2D eigenvalue weighted by molar-refractivity contribution is 5.93. The van der Waals surface area contributed by atoms with Crippen LogP contribution in [-0.2, 0) is 9.53 Å². The Morgan fingerprint density at radius 3 is 3.05 bits per heavy atom. The molecule has 1 unspecified atom stereocenters. The minimum absolute atomic E-state index is 0.0812. The topological polar surface area (TPSA) is 58.6 Å². The van der Waals surface area contributed by atoms with Gasteiger partial charge >= 0.3 is 5.97 Å². The molecule has 1 aromatic rings. The molecular weight excluding hydrogens is 256 g/mol. The number of hydrogen-bond acceptors (Lipinski definition) is 5. The number of ether oxygens (including phenoxy) is 1. The van der Waals surface area contributed by atoms with Gasteiger partial charge in [0.15, 0.2) is 0 Å². The molecule has 1 atom stereocenters. The van der Waals surface area contributed by atoms with E-state index in [2.05, 4.69) is 10.2 Å². The molecule has 0 aromatic heterocycles. The summed E-state index contributed by atoms with van der Waals surface area (Å²) in [5.41, 5.74) is 2.82. The molecule has 0 amide bonds. The van der Waals surface area contributed by atoms with Crippen molar-refractivity contribution in [1.82, 2.24) is 0 Å². The monoisotopic (exact) mass is 272 g/mol. The third-order valence-electron chi connectivity index (χ3n) is 3.94. The van der Waals surface area contributed by atoms with Gasteiger partial charge in [0.1, 0.15) is 11.6 Å². The molecule has 0 radical (unpaired) electrons. The zero-order valence-corrected chi connectivity index (χ0v) is 11.3. The molecule has 0 spiro atoms. The Kier molecular flexibility index (Phi) is 3.20. The summed E-state index contributed by atoms with van der Waals surface area (Å²) >= 11 is 0. The van der Waals surface area contributed by atoms with E-state index in [1.807, 2.05) is 12.0 Å². The SMILES string of the molecule is COC(=O)c1ccc2c(c1)NC(=C=O)C1CCCCN21. The van der Waals surface area contributed by atoms with Crippen LogP contribution in [0.5, 0.6) is 0 Å². The number of nitrogens with one attached hydrogen (secondary N) is 1. The quantitative estimate of drug-likeness (QED) is 0.625. The fourth-order valence-corrected chi connectivity index (χ4v) is 2.97. The van der Waals surface area contributed by atoms with Gasteiger partial charge in [-0.3, -0.25) is 0 Å². The van der Waals surface area contributed by atoms with Gasteiger partial charge in [-0.15, -0.1) is 0 Å². The molecule has 2 aliphatic rings. The first-order valence-corrected chi connectivity index (χ1v) is 6.75. The normalized spacial score (nSPS) is 20.4. The van der Waals surface area contributed by atoms with Crippen LogP contribution in [-0.4, -0.2) is 31.6 Å². The Labute approximate surface area is 117 Å². The highest BCUT2D eigenvalue weighted by atomic mass is 16.5. The van der Waals surface area contributed by atoms with Gasteiger partial charge in [0.05, 0.1) is 30.1 Å². The number of hydrogen-bond donors (Lipinski definition) is 1. The predicted molar refractivity (Wildman–Crippen MR) is 75.6 cm³/mol. The molecule has 1 aromatic carbocycles. The molecule has 1 N–H and O–H groups in total. The lowest BCUT2D eigenvalue weighted by atomic mass is 9.95. The number of benzene rings is 1. The van der Waals surface area contributed by atoms with Crippen molar-refractivity contribution in [2.75, 3.05) is 23.9 Å². The Balaban J connectivity index is 2.05. The molecule has 0 bridgehead atoms. The van der Waals surface area contributed by atoms with E-state index in [1.165, 1.54) is 7.11 Å². The van der Waals surface area contributed by atoms with E-state index < -0.39 is 0 Å². The molecule has 3 rings (SSSR count). The van der Waals surface area contributed by atoms with Gasteiger partial charge in [-0.25, -0.2) is 9.59 Å². The second kappa shape index (κ2) is 5.02. The number of anilines is 2. The minimum Gasteiger partial charge on any atom is -0.465 e. The summed E-state index contributed by atoms with van der Waals surface area (Å²) in [6.07, 6.45) is 3.18. The molecule has 5 heteroatoms. The summed E-state index contributed by atoms with van der Waals surface area (Å²) in [7, 11) is 1.35. The van der Waals surface area contributed by atoms with Gasteiger partial charge in [0, 0.05) is 6.54 Å². The second-order valence-electron chi connectivity index (χ2n) is 5.07. The minimum atomic E-state index is -0.382. The second-order valence-corrected chi connectivity index (χ2v) is 5.07. The Hall–Kier alpha value is -2.26. The van der Waals surface area contributed by atoms with E-state index in [1.54, 1.807) is 12.1 Å². The zero-order chi connectivity index (χ0) is 14.1. The molecule has 20 heavy (non-hydrogen) atoms. The van der Waals surface area contributed by atoms with E-state index in [0.29, 0.717) is 11.3 Å². The lowest BCUT2D eigenvalue weighted by molar-refractivity contribution is 0.0601. The summed E-state index contributed by atoms with van der Waals surface area (Å²) in [4.78, 5) is 25.0. The molecule has 5 nitrogen and oxygen atoms in total. The van der Waals surface area contributed by atoms with Crippen molar-refractivity contribution < 1.29 is 14.3 Å². The zero-order valence-electron chi connectivity index (χ0n) is 11.3. The third-order valence-corrected chi connectivity index (χ3v) is 3.94. The highest BCUT2D eigenvalue weighted by Crippen LogP contribution is 2.39. The first kappa shape index (κ1) is 12.8. The summed E-state index contributed by atoms with van der Waals surface area (Å²) in [5.74, 6) is 1.62. The summed E-state index contributed by atoms with van der Waals surface area (Å²) in [5, 5.41) is 3.11. The molecule has 0 aliphatic carbocycles. The van der Waals surface area contributed by atoms with Crippen molar-refractivity contribution >= 4 is 23.3 Å². The Bertz CT molecular complexity index is 605. The maximum absolute atomic E-state index is 11.6. The smallest absolute Gasteiger partial charge is 0.337 e. The number of fused-ring (bicyclic) bond motifs is 3. The maximum Gasteiger partial charge on any atom is 0.337 e. The summed E-state index contributed by atoms with van der Waals surface area (Å²) < 4.78 is 4.72. The van der Waals surface area contributed by atoms with Crippen LogP contribution < -0.4 is 10.2 Å². The number of methoxy groups -OCH3 is 1. The number of nitrogens with zero attached hydrogens (tertiary/aromatic N) is 1. The van der Waals surface area contributed by atoms with Crippen molar-refractivity contribution in [2.45, 2.75) is 25.3 Å². The lowest BCUT2D eigenvalue weighted by Crippen LogP contribution is -2.45. The predicted octanol–water partition coefficient (Wildman–Crippen LogP) is 1.97. The molecule has 2 heterocycles. The molecule has 104 valence electrons. The van der Waals surface area contributed by atoms with Gasteiger partial charge in [-0.1, -0.05) is 0 Å². The standard InChI is InChI=1S/C15H16N2O3/c1-20-15(19)10-5-6-14-11(8-10)16-12(9-18)13-4-2-3-7-17(13)14/h5-6,8,13,16H,2-4,7H2,1H3. The van der Waals surface area contributed by atoms with E-state index in [4.69, 9.17) is 4.74 Å². The number of carbonyl (C=O) groups is 1. The molecule has 1 fully saturated rings. The van der Waals surface area contributed by atoms with Crippen molar-refractivity contribution in [3.05, 3.63) is 29.5 Å². The van der Waals surface area contributed by atoms with Crippen LogP contribution in [0.3, 0.4) is 0 Å². The lowest BCUT2D eigenvalue weighted by Gasteiger charge is -2.42. The average molecular weight is 272 g/mol. The van der Waals surface area contributed by atoms with Gasteiger partial charge in [-0.05, 0) is 37.5 Å². The first-order valence-electron chi connectivity index (χ1n) is 6.75. The van der Waals surface area contributed by atoms with Crippen LogP contribution in [0.2, 0.25) is 0 Å². The van der Waals surface area contributed by atoms with E-state index >= 15 is 0 Å². The van der Waals surface area contributed by atoms with Crippen LogP contribution in [0.4, 0.5) is 11.4 Å². The van der Waals surface area contributed by atoms with Gasteiger partial charge in [0.25, 0.3) is 0 Å². The van der Waals surface area contributed by atoms with Crippen molar-refractivity contribution in [3.8, 4) is 0 Å². The highest BCUT2D eigenvalue weighted by Gasteiger charge is 2.33. The largest absolute Gasteiger partial charge is 0.465 e. The van der Waals surface area contributed by atoms with Gasteiger partial charge < -0.3 is 15.0 Å². The first-order chi connectivity index (χ1) is 9.74. The fraction of sp³-hybridized carbons (Fsp3) is 0.400. The number of piperidine rings is 1. The van der Waals surface area contributed by atoms with Crippen molar-refractivity contribution in [1.29, 1.82) is 0 Å².